The minimum Gasteiger partial charge on any atom is -0.506 e. The van der Waals surface area contributed by atoms with Gasteiger partial charge in [-0.05, 0) is 18.6 Å². The molecule has 2 aromatic rings. The summed E-state index contributed by atoms with van der Waals surface area (Å²) in [6.07, 6.45) is 0. The van der Waals surface area contributed by atoms with E-state index in [0.717, 1.165) is 22.2 Å². The van der Waals surface area contributed by atoms with E-state index < -0.39 is 0 Å². The zero-order valence-corrected chi connectivity index (χ0v) is 8.41. The maximum atomic E-state index is 9.72. The van der Waals surface area contributed by atoms with Gasteiger partial charge in [-0.2, -0.15) is 0 Å². The van der Waals surface area contributed by atoms with E-state index in [1.807, 2.05) is 30.7 Å². The van der Waals surface area contributed by atoms with Gasteiger partial charge in [0.15, 0.2) is 0 Å². The molecule has 3 heteroatoms. The van der Waals surface area contributed by atoms with Gasteiger partial charge in [0.1, 0.15) is 5.75 Å². The monoisotopic (exact) mass is 190 g/mol. The van der Waals surface area contributed by atoms with Crippen LogP contribution < -0.4 is 5.73 Å². The molecule has 14 heavy (non-hydrogen) atoms. The molecule has 3 N–H and O–H groups in total. The molecular weight excluding hydrogens is 176 g/mol. The minimum atomic E-state index is 0.313. The highest BCUT2D eigenvalue weighted by Crippen LogP contribution is 2.30. The van der Waals surface area contributed by atoms with Crippen molar-refractivity contribution in [3.63, 3.8) is 0 Å². The van der Waals surface area contributed by atoms with Gasteiger partial charge in [-0.1, -0.05) is 12.1 Å². The van der Waals surface area contributed by atoms with Crippen LogP contribution >= 0.6 is 0 Å². The Labute approximate surface area is 82.8 Å². The SMILES string of the molecule is Cc1c(CN)c2cccc(O)c2n1C. The summed E-state index contributed by atoms with van der Waals surface area (Å²) in [5, 5.41) is 10.8. The Morgan fingerprint density at radius 2 is 2.14 bits per heavy atom. The van der Waals surface area contributed by atoms with Gasteiger partial charge in [-0.3, -0.25) is 0 Å². The number of nitrogens with zero attached hydrogens (tertiary/aromatic N) is 1. The smallest absolute Gasteiger partial charge is 0.139 e. The third-order valence-electron chi connectivity index (χ3n) is 2.82. The molecule has 0 bridgehead atoms. The van der Waals surface area contributed by atoms with Crippen LogP contribution in [0.1, 0.15) is 11.3 Å². The number of fused-ring (bicyclic) bond motifs is 1. The predicted molar refractivity (Wildman–Crippen MR) is 57.2 cm³/mol. The number of phenolic OH excluding ortho intramolecular Hbond substituents is 1. The first-order valence-electron chi connectivity index (χ1n) is 4.62. The van der Waals surface area contributed by atoms with Crippen molar-refractivity contribution < 1.29 is 5.11 Å². The predicted octanol–water partition coefficient (Wildman–Crippen LogP) is 1.65. The zero-order valence-electron chi connectivity index (χ0n) is 8.41. The number of rotatable bonds is 1. The summed E-state index contributed by atoms with van der Waals surface area (Å²) in [7, 11) is 1.94. The molecule has 0 aliphatic heterocycles. The summed E-state index contributed by atoms with van der Waals surface area (Å²) in [4.78, 5) is 0. The van der Waals surface area contributed by atoms with Crippen LogP contribution in [0.15, 0.2) is 18.2 Å². The first-order chi connectivity index (χ1) is 6.66. The molecule has 1 aromatic heterocycles. The number of aromatic hydroxyl groups is 1. The van der Waals surface area contributed by atoms with Gasteiger partial charge in [0.25, 0.3) is 0 Å². The minimum absolute atomic E-state index is 0.313. The second kappa shape index (κ2) is 3.03. The molecule has 1 aromatic carbocycles. The molecule has 0 amide bonds. The molecule has 3 nitrogen and oxygen atoms in total. The lowest BCUT2D eigenvalue weighted by Crippen LogP contribution is -1.98. The van der Waals surface area contributed by atoms with Crippen molar-refractivity contribution in [3.05, 3.63) is 29.5 Å². The molecular formula is C11H14N2O. The van der Waals surface area contributed by atoms with E-state index in [0.29, 0.717) is 12.3 Å². The van der Waals surface area contributed by atoms with Gasteiger partial charge in [0.05, 0.1) is 5.52 Å². The Bertz CT molecular complexity index is 485. The van der Waals surface area contributed by atoms with E-state index in [1.165, 1.54) is 0 Å². The standard InChI is InChI=1S/C11H14N2O/c1-7-9(6-12)8-4-3-5-10(14)11(8)13(7)2/h3-5,14H,6,12H2,1-2H3. The van der Waals surface area contributed by atoms with Gasteiger partial charge < -0.3 is 15.4 Å². The second-order valence-electron chi connectivity index (χ2n) is 3.50. The van der Waals surface area contributed by atoms with Crippen molar-refractivity contribution in [2.24, 2.45) is 12.8 Å². The molecule has 0 spiro atoms. The average Bonchev–Trinajstić information content (AvgIpc) is 2.41. The van der Waals surface area contributed by atoms with Gasteiger partial charge in [-0.15, -0.1) is 0 Å². The normalized spacial score (nSPS) is 11.1. The summed E-state index contributed by atoms with van der Waals surface area (Å²) >= 11 is 0. The zero-order chi connectivity index (χ0) is 10.3. The lowest BCUT2D eigenvalue weighted by atomic mass is 10.1. The Kier molecular flexibility index (Phi) is 1.97. The van der Waals surface area contributed by atoms with Crippen LogP contribution in [-0.2, 0) is 13.6 Å². The van der Waals surface area contributed by atoms with Gasteiger partial charge in [-0.25, -0.2) is 0 Å². The Hall–Kier alpha value is -1.48. The lowest BCUT2D eigenvalue weighted by Gasteiger charge is -2.00. The molecule has 0 aliphatic carbocycles. The molecule has 0 radical (unpaired) electrons. The fraction of sp³-hybridized carbons (Fsp3) is 0.273. The van der Waals surface area contributed by atoms with Crippen LogP contribution in [0.5, 0.6) is 5.75 Å². The van der Waals surface area contributed by atoms with Crippen molar-refractivity contribution in [3.8, 4) is 5.75 Å². The molecule has 0 fully saturated rings. The molecule has 0 unspecified atom stereocenters. The van der Waals surface area contributed by atoms with Crippen LogP contribution in [0, 0.1) is 6.92 Å². The van der Waals surface area contributed by atoms with Crippen LogP contribution in [0.25, 0.3) is 10.9 Å². The molecule has 0 saturated heterocycles. The maximum Gasteiger partial charge on any atom is 0.139 e. The molecule has 1 heterocycles. The van der Waals surface area contributed by atoms with Gasteiger partial charge in [0.2, 0.25) is 0 Å². The summed E-state index contributed by atoms with van der Waals surface area (Å²) in [6.45, 7) is 2.52. The highest BCUT2D eigenvalue weighted by atomic mass is 16.3. The topological polar surface area (TPSA) is 51.2 Å². The molecule has 0 saturated carbocycles. The quantitative estimate of drug-likeness (QED) is 0.718. The second-order valence-corrected chi connectivity index (χ2v) is 3.50. The number of para-hydroxylation sites is 1. The fourth-order valence-corrected chi connectivity index (χ4v) is 1.95. The maximum absolute atomic E-state index is 9.72. The van der Waals surface area contributed by atoms with E-state index in [2.05, 4.69) is 0 Å². The van der Waals surface area contributed by atoms with E-state index in [9.17, 15) is 5.11 Å². The van der Waals surface area contributed by atoms with Crippen molar-refractivity contribution >= 4 is 10.9 Å². The van der Waals surface area contributed by atoms with Crippen molar-refractivity contribution in [2.75, 3.05) is 0 Å². The van der Waals surface area contributed by atoms with Gasteiger partial charge >= 0.3 is 0 Å². The summed E-state index contributed by atoms with van der Waals surface area (Å²) < 4.78 is 1.98. The van der Waals surface area contributed by atoms with Crippen molar-refractivity contribution in [2.45, 2.75) is 13.5 Å². The summed E-state index contributed by atoms with van der Waals surface area (Å²) in [5.41, 5.74) is 8.78. The van der Waals surface area contributed by atoms with Crippen LogP contribution in [0.2, 0.25) is 0 Å². The van der Waals surface area contributed by atoms with E-state index in [1.54, 1.807) is 6.07 Å². The van der Waals surface area contributed by atoms with Gasteiger partial charge in [0, 0.05) is 24.7 Å². The third-order valence-corrected chi connectivity index (χ3v) is 2.82. The molecule has 0 atom stereocenters. The largest absolute Gasteiger partial charge is 0.506 e. The number of aryl methyl sites for hydroxylation is 1. The summed E-state index contributed by atoms with van der Waals surface area (Å²) in [5.74, 6) is 0.313. The number of benzene rings is 1. The number of hydrogen-bond acceptors (Lipinski definition) is 2. The Balaban J connectivity index is 2.95. The average molecular weight is 190 g/mol. The van der Waals surface area contributed by atoms with Crippen LogP contribution in [-0.4, -0.2) is 9.67 Å². The van der Waals surface area contributed by atoms with E-state index in [4.69, 9.17) is 5.73 Å². The first kappa shape index (κ1) is 9.09. The first-order valence-corrected chi connectivity index (χ1v) is 4.62. The number of hydrogen-bond donors (Lipinski definition) is 2. The lowest BCUT2D eigenvalue weighted by molar-refractivity contribution is 0.478. The third kappa shape index (κ3) is 1.02. The number of phenols is 1. The van der Waals surface area contributed by atoms with E-state index >= 15 is 0 Å². The number of aromatic nitrogens is 1. The number of nitrogens with two attached hydrogens (primary N) is 1. The molecule has 2 rings (SSSR count). The Morgan fingerprint density at radius 1 is 1.43 bits per heavy atom. The summed E-state index contributed by atoms with van der Waals surface area (Å²) in [6, 6.07) is 5.53. The molecule has 0 aliphatic rings. The van der Waals surface area contributed by atoms with Crippen molar-refractivity contribution in [1.29, 1.82) is 0 Å². The van der Waals surface area contributed by atoms with E-state index in [-0.39, 0.29) is 0 Å². The highest BCUT2D eigenvalue weighted by molar-refractivity contribution is 5.90. The molecule has 74 valence electrons. The van der Waals surface area contributed by atoms with Crippen LogP contribution in [0.4, 0.5) is 0 Å². The Morgan fingerprint density at radius 3 is 2.79 bits per heavy atom. The van der Waals surface area contributed by atoms with Crippen LogP contribution in [0.3, 0.4) is 0 Å². The van der Waals surface area contributed by atoms with Crippen molar-refractivity contribution in [1.82, 2.24) is 4.57 Å². The highest BCUT2D eigenvalue weighted by Gasteiger charge is 2.12. The fourth-order valence-electron chi connectivity index (χ4n) is 1.95.